The van der Waals surface area contributed by atoms with Gasteiger partial charge in [-0.05, 0) is 49.6 Å². The first kappa shape index (κ1) is 18.3. The van der Waals surface area contributed by atoms with E-state index in [1.807, 2.05) is 12.1 Å². The third-order valence-electron chi connectivity index (χ3n) is 5.42. The van der Waals surface area contributed by atoms with E-state index >= 15 is 0 Å². The normalized spacial score (nSPS) is 15.9. The minimum atomic E-state index is -0.172. The van der Waals surface area contributed by atoms with Crippen molar-refractivity contribution in [1.82, 2.24) is 14.9 Å². The summed E-state index contributed by atoms with van der Waals surface area (Å²) in [4.78, 5) is 35.8. The fourth-order valence-electron chi connectivity index (χ4n) is 3.68. The molecule has 2 aliphatic rings. The number of unbranched alkanes of at least 4 members (excludes halogenated alkanes) is 1. The van der Waals surface area contributed by atoms with Gasteiger partial charge in [0, 0.05) is 17.8 Å². The molecule has 0 bridgehead atoms. The van der Waals surface area contributed by atoms with Gasteiger partial charge in [-0.3, -0.25) is 14.5 Å². The topological polar surface area (TPSA) is 63.2 Å². The van der Waals surface area contributed by atoms with Crippen LogP contribution in [0.2, 0.25) is 0 Å². The second-order valence-corrected chi connectivity index (χ2v) is 8.63. The highest BCUT2D eigenvalue weighted by molar-refractivity contribution is 7.99. The minimum Gasteiger partial charge on any atom is -0.274 e. The van der Waals surface area contributed by atoms with Crippen LogP contribution >= 0.6 is 11.8 Å². The number of benzene rings is 2. The number of hydrogen-bond donors (Lipinski definition) is 0. The Morgan fingerprint density at radius 2 is 1.59 bits per heavy atom. The lowest BCUT2D eigenvalue weighted by molar-refractivity contribution is 0.0652. The third kappa shape index (κ3) is 3.53. The van der Waals surface area contributed by atoms with Crippen LogP contribution in [-0.2, 0) is 0 Å². The summed E-state index contributed by atoms with van der Waals surface area (Å²) in [6.45, 7) is 0.463. The largest absolute Gasteiger partial charge is 0.274 e. The fraction of sp³-hybridized carbons (Fsp3) is 0.304. The Bertz CT molecular complexity index is 1080. The molecule has 0 radical (unpaired) electrons. The van der Waals surface area contributed by atoms with Crippen LogP contribution in [0.25, 0.3) is 10.9 Å². The highest BCUT2D eigenvalue weighted by Gasteiger charge is 2.34. The van der Waals surface area contributed by atoms with E-state index in [9.17, 15) is 9.59 Å². The van der Waals surface area contributed by atoms with Gasteiger partial charge in [0.1, 0.15) is 10.9 Å². The van der Waals surface area contributed by atoms with Crippen molar-refractivity contribution in [3.63, 3.8) is 0 Å². The number of para-hydroxylation sites is 1. The molecular formula is C23H21N3O2S. The Labute approximate surface area is 173 Å². The van der Waals surface area contributed by atoms with E-state index in [4.69, 9.17) is 9.97 Å². The molecule has 2 heterocycles. The van der Waals surface area contributed by atoms with Crippen LogP contribution in [0.15, 0.2) is 53.6 Å². The summed E-state index contributed by atoms with van der Waals surface area (Å²) in [5.74, 6) is 2.04. The second kappa shape index (κ2) is 7.59. The molecule has 0 unspecified atom stereocenters. The van der Waals surface area contributed by atoms with Crippen LogP contribution < -0.4 is 0 Å². The average Bonchev–Trinajstić information content (AvgIpc) is 3.57. The van der Waals surface area contributed by atoms with E-state index in [0.717, 1.165) is 40.3 Å². The molecule has 1 aromatic heterocycles. The zero-order valence-corrected chi connectivity index (χ0v) is 16.8. The molecule has 5 rings (SSSR count). The van der Waals surface area contributed by atoms with E-state index < -0.39 is 0 Å². The van der Waals surface area contributed by atoms with E-state index in [1.165, 1.54) is 17.7 Å². The van der Waals surface area contributed by atoms with E-state index in [-0.39, 0.29) is 11.8 Å². The summed E-state index contributed by atoms with van der Waals surface area (Å²) in [7, 11) is 0. The number of nitrogens with zero attached hydrogens (tertiary/aromatic N) is 3. The first-order valence-corrected chi connectivity index (χ1v) is 11.1. The number of aromatic nitrogens is 2. The highest BCUT2D eigenvalue weighted by Crippen LogP contribution is 2.39. The molecule has 6 heteroatoms. The lowest BCUT2D eigenvalue weighted by Gasteiger charge is -2.13. The Kier molecular flexibility index (Phi) is 4.79. The monoisotopic (exact) mass is 403 g/mol. The van der Waals surface area contributed by atoms with Crippen molar-refractivity contribution in [3.05, 3.63) is 65.5 Å². The number of amides is 2. The van der Waals surface area contributed by atoms with E-state index in [0.29, 0.717) is 23.6 Å². The van der Waals surface area contributed by atoms with Crippen molar-refractivity contribution in [2.75, 3.05) is 12.3 Å². The van der Waals surface area contributed by atoms with E-state index in [2.05, 4.69) is 12.1 Å². The Balaban J connectivity index is 1.20. The molecule has 146 valence electrons. The van der Waals surface area contributed by atoms with Crippen molar-refractivity contribution >= 4 is 34.5 Å². The smallest absolute Gasteiger partial charge is 0.261 e. The number of thioether (sulfide) groups is 1. The summed E-state index contributed by atoms with van der Waals surface area (Å²) < 4.78 is 0. The zero-order valence-electron chi connectivity index (χ0n) is 16.0. The maximum atomic E-state index is 12.4. The van der Waals surface area contributed by atoms with Crippen LogP contribution in [0.4, 0.5) is 0 Å². The Morgan fingerprint density at radius 1 is 0.897 bits per heavy atom. The van der Waals surface area contributed by atoms with Crippen LogP contribution in [0.5, 0.6) is 0 Å². The quantitative estimate of drug-likeness (QED) is 0.248. The summed E-state index contributed by atoms with van der Waals surface area (Å²) in [5, 5.41) is 2.14. The van der Waals surface area contributed by atoms with Gasteiger partial charge in [0.25, 0.3) is 11.8 Å². The molecule has 2 amide bonds. The van der Waals surface area contributed by atoms with Crippen molar-refractivity contribution in [2.24, 2.45) is 0 Å². The summed E-state index contributed by atoms with van der Waals surface area (Å²) in [6.07, 6.45) is 4.07. The molecule has 0 saturated heterocycles. The Morgan fingerprint density at radius 3 is 2.31 bits per heavy atom. The van der Waals surface area contributed by atoms with Crippen molar-refractivity contribution in [2.45, 2.75) is 36.6 Å². The molecular weight excluding hydrogens is 382 g/mol. The van der Waals surface area contributed by atoms with Gasteiger partial charge in [-0.2, -0.15) is 0 Å². The van der Waals surface area contributed by atoms with Crippen LogP contribution in [0.3, 0.4) is 0 Å². The second-order valence-electron chi connectivity index (χ2n) is 7.54. The predicted octanol–water partition coefficient (Wildman–Crippen LogP) is 4.68. The molecule has 0 atom stereocenters. The van der Waals surface area contributed by atoms with Gasteiger partial charge in [-0.25, -0.2) is 9.97 Å². The molecule has 0 spiro atoms. The maximum absolute atomic E-state index is 12.4. The van der Waals surface area contributed by atoms with Crippen LogP contribution in [0.1, 0.15) is 58.1 Å². The minimum absolute atomic E-state index is 0.172. The Hall–Kier alpha value is -2.73. The molecule has 1 aliphatic carbocycles. The van der Waals surface area contributed by atoms with Crippen molar-refractivity contribution in [3.8, 4) is 0 Å². The van der Waals surface area contributed by atoms with Crippen molar-refractivity contribution < 1.29 is 9.59 Å². The molecule has 5 nitrogen and oxygen atoms in total. The van der Waals surface area contributed by atoms with E-state index in [1.54, 1.807) is 36.0 Å². The standard InChI is InChI=1S/C23H21N3O2S/c27-22-16-7-1-2-8-17(16)23(28)26(22)13-5-6-14-29-21-18-9-3-4-10-19(18)24-20(25-21)15-11-12-15/h1-4,7-10,15H,5-6,11-14H2. The van der Waals surface area contributed by atoms with Gasteiger partial charge < -0.3 is 0 Å². The number of imide groups is 1. The first-order chi connectivity index (χ1) is 14.2. The molecule has 29 heavy (non-hydrogen) atoms. The number of hydrogen-bond acceptors (Lipinski definition) is 5. The molecule has 1 saturated carbocycles. The van der Waals surface area contributed by atoms with Gasteiger partial charge in [-0.15, -0.1) is 11.8 Å². The van der Waals surface area contributed by atoms with Gasteiger partial charge in [0.05, 0.1) is 16.6 Å². The van der Waals surface area contributed by atoms with Gasteiger partial charge in [0.15, 0.2) is 0 Å². The third-order valence-corrected chi connectivity index (χ3v) is 6.50. The molecule has 2 aromatic carbocycles. The SMILES string of the molecule is O=C1c2ccccc2C(=O)N1CCCCSc1nc(C2CC2)nc2ccccc12. The zero-order chi connectivity index (χ0) is 19.8. The molecule has 0 N–H and O–H groups in total. The highest BCUT2D eigenvalue weighted by atomic mass is 32.2. The fourth-order valence-corrected chi connectivity index (χ4v) is 4.71. The number of rotatable bonds is 7. The first-order valence-electron chi connectivity index (χ1n) is 10.1. The lowest BCUT2D eigenvalue weighted by Crippen LogP contribution is -2.30. The van der Waals surface area contributed by atoms with Crippen LogP contribution in [-0.4, -0.2) is 39.0 Å². The lowest BCUT2D eigenvalue weighted by atomic mass is 10.1. The number of carbonyl (C=O) groups excluding carboxylic acids is 2. The maximum Gasteiger partial charge on any atom is 0.261 e. The molecule has 1 aliphatic heterocycles. The molecule has 3 aromatic rings. The summed E-state index contributed by atoms with van der Waals surface area (Å²) in [5.41, 5.74) is 2.05. The van der Waals surface area contributed by atoms with Gasteiger partial charge >= 0.3 is 0 Å². The van der Waals surface area contributed by atoms with Crippen LogP contribution in [0, 0.1) is 0 Å². The molecule has 1 fully saturated rings. The average molecular weight is 404 g/mol. The van der Waals surface area contributed by atoms with Gasteiger partial charge in [-0.1, -0.05) is 30.3 Å². The predicted molar refractivity (Wildman–Crippen MR) is 113 cm³/mol. The van der Waals surface area contributed by atoms with Gasteiger partial charge in [0.2, 0.25) is 0 Å². The summed E-state index contributed by atoms with van der Waals surface area (Å²) >= 11 is 1.74. The number of carbonyl (C=O) groups is 2. The summed E-state index contributed by atoms with van der Waals surface area (Å²) in [6, 6.07) is 15.2. The number of fused-ring (bicyclic) bond motifs is 2. The van der Waals surface area contributed by atoms with Crippen molar-refractivity contribution in [1.29, 1.82) is 0 Å².